The molecule has 6 nitrogen and oxygen atoms in total. The summed E-state index contributed by atoms with van der Waals surface area (Å²) in [5.41, 5.74) is 1.44. The van der Waals surface area contributed by atoms with E-state index in [1.807, 2.05) is 0 Å². The lowest BCUT2D eigenvalue weighted by atomic mass is 9.93. The number of alkyl halides is 2. The number of likely N-dealkylation sites (tertiary alicyclic amines) is 1. The third kappa shape index (κ3) is 5.63. The topological polar surface area (TPSA) is 71.8 Å². The molecule has 0 atom stereocenters. The van der Waals surface area contributed by atoms with Crippen LogP contribution in [0.15, 0.2) is 47.4 Å². The Morgan fingerprint density at radius 3 is 2.29 bits per heavy atom. The molecular formula is C31H31F3N2O4S. The van der Waals surface area contributed by atoms with E-state index >= 15 is 0 Å². The minimum absolute atomic E-state index is 0.0626. The molecular weight excluding hydrogens is 553 g/mol. The maximum absolute atomic E-state index is 14.0. The summed E-state index contributed by atoms with van der Waals surface area (Å²) in [6.07, 6.45) is 0.851. The lowest BCUT2D eigenvalue weighted by Crippen LogP contribution is -2.42. The molecule has 1 fully saturated rings. The predicted molar refractivity (Wildman–Crippen MR) is 154 cm³/mol. The quantitative estimate of drug-likeness (QED) is 0.277. The number of pyridine rings is 1. The Hall–Kier alpha value is -3.63. The van der Waals surface area contributed by atoms with Gasteiger partial charge in [-0.25, -0.2) is 13.2 Å². The molecule has 0 bridgehead atoms. The first-order valence-corrected chi connectivity index (χ1v) is 14.1. The molecule has 0 saturated carbocycles. The van der Waals surface area contributed by atoms with Gasteiger partial charge in [0.2, 0.25) is 0 Å². The molecule has 1 amide bonds. The van der Waals surface area contributed by atoms with Crippen LogP contribution in [0, 0.1) is 19.7 Å². The van der Waals surface area contributed by atoms with Crippen molar-refractivity contribution in [2.24, 2.45) is 7.05 Å². The second-order valence-corrected chi connectivity index (χ2v) is 12.3. The van der Waals surface area contributed by atoms with Gasteiger partial charge in [-0.1, -0.05) is 6.07 Å². The van der Waals surface area contributed by atoms with Crippen LogP contribution in [0.4, 0.5) is 13.2 Å². The number of carbonyl (C=O) groups is 1. The van der Waals surface area contributed by atoms with Gasteiger partial charge in [0.15, 0.2) is 0 Å². The molecule has 1 N–H and O–H groups in total. The molecule has 0 spiro atoms. The highest BCUT2D eigenvalue weighted by molar-refractivity contribution is 7.21. The first kappa shape index (κ1) is 28.9. The summed E-state index contributed by atoms with van der Waals surface area (Å²) in [5.74, 6) is -2.67. The zero-order valence-corrected chi connectivity index (χ0v) is 24.3. The maximum Gasteiger partial charge on any atom is 0.263 e. The Kier molecular flexibility index (Phi) is 7.28. The molecule has 4 aromatic rings. The molecule has 2 aromatic carbocycles. The highest BCUT2D eigenvalue weighted by Crippen LogP contribution is 2.43. The number of amides is 1. The van der Waals surface area contributed by atoms with Gasteiger partial charge < -0.3 is 19.3 Å². The van der Waals surface area contributed by atoms with E-state index in [-0.39, 0.29) is 29.3 Å². The first-order valence-electron chi connectivity index (χ1n) is 13.3. The van der Waals surface area contributed by atoms with E-state index in [1.54, 1.807) is 59.1 Å². The minimum Gasteiger partial charge on any atom is -0.456 e. The number of fused-ring (bicyclic) bond motifs is 1. The van der Waals surface area contributed by atoms with E-state index in [0.29, 0.717) is 49.4 Å². The summed E-state index contributed by atoms with van der Waals surface area (Å²) in [6.45, 7) is 6.67. The van der Waals surface area contributed by atoms with Gasteiger partial charge in [-0.05, 0) is 74.7 Å². The van der Waals surface area contributed by atoms with Crippen molar-refractivity contribution in [3.05, 3.63) is 80.3 Å². The summed E-state index contributed by atoms with van der Waals surface area (Å²) in [6, 6.07) is 9.51. The van der Waals surface area contributed by atoms with Gasteiger partial charge >= 0.3 is 0 Å². The standard InChI is InChI=1S/C31H31F3N2O4S/c1-17-12-20(32)13-18(2)26(17)40-24-7-6-19(30(3,4)39)14-21(24)23-16-35(5)28(37)22-15-25(41-27(22)23)29(38)36-10-8-31(33,34)9-11-36/h6-7,12-16,39H,8-11H2,1-5H3. The van der Waals surface area contributed by atoms with Gasteiger partial charge in [0.05, 0.1) is 20.6 Å². The number of aromatic nitrogens is 1. The molecule has 3 heterocycles. The molecule has 1 saturated heterocycles. The third-order valence-electron chi connectivity index (χ3n) is 7.46. The molecule has 0 aliphatic carbocycles. The molecule has 1 aliphatic heterocycles. The molecule has 2 aromatic heterocycles. The Labute approximate surface area is 239 Å². The van der Waals surface area contributed by atoms with Crippen LogP contribution in [0.2, 0.25) is 0 Å². The summed E-state index contributed by atoms with van der Waals surface area (Å²) in [7, 11) is 1.60. The SMILES string of the molecule is Cc1cc(F)cc(C)c1Oc1ccc(C(C)(C)O)cc1-c1cn(C)c(=O)c2cc(C(=O)N3CCC(F)(F)CC3)sc12. The summed E-state index contributed by atoms with van der Waals surface area (Å²) >= 11 is 1.12. The Morgan fingerprint density at radius 2 is 1.68 bits per heavy atom. The fourth-order valence-corrected chi connectivity index (χ4v) is 6.26. The van der Waals surface area contributed by atoms with Crippen LogP contribution in [-0.2, 0) is 12.6 Å². The van der Waals surface area contributed by atoms with E-state index in [2.05, 4.69) is 0 Å². The fraction of sp³-hybridized carbons (Fsp3) is 0.355. The number of aryl methyl sites for hydroxylation is 3. The molecule has 0 radical (unpaired) electrons. The Bertz CT molecular complexity index is 1700. The lowest BCUT2D eigenvalue weighted by molar-refractivity contribution is -0.0493. The van der Waals surface area contributed by atoms with Crippen molar-refractivity contribution in [2.75, 3.05) is 13.1 Å². The van der Waals surface area contributed by atoms with Crippen LogP contribution in [0.5, 0.6) is 11.5 Å². The van der Waals surface area contributed by atoms with Crippen LogP contribution in [0.3, 0.4) is 0 Å². The fourth-order valence-electron chi connectivity index (χ4n) is 5.12. The average Bonchev–Trinajstić information content (AvgIpc) is 3.33. The predicted octanol–water partition coefficient (Wildman–Crippen LogP) is 6.91. The number of benzene rings is 2. The molecule has 0 unspecified atom stereocenters. The van der Waals surface area contributed by atoms with Gasteiger partial charge in [-0.15, -0.1) is 11.3 Å². The molecule has 10 heteroatoms. The van der Waals surface area contributed by atoms with Gasteiger partial charge in [0.25, 0.3) is 17.4 Å². The second kappa shape index (κ2) is 10.3. The summed E-state index contributed by atoms with van der Waals surface area (Å²) in [4.78, 5) is 28.2. The van der Waals surface area contributed by atoms with E-state index in [0.717, 1.165) is 11.3 Å². The van der Waals surface area contributed by atoms with Crippen molar-refractivity contribution < 1.29 is 27.8 Å². The van der Waals surface area contributed by atoms with Gasteiger partial charge in [-0.2, -0.15) is 0 Å². The van der Waals surface area contributed by atoms with Crippen molar-refractivity contribution in [3.8, 4) is 22.6 Å². The number of hydrogen-bond acceptors (Lipinski definition) is 5. The minimum atomic E-state index is -2.79. The summed E-state index contributed by atoms with van der Waals surface area (Å²) < 4.78 is 49.7. The van der Waals surface area contributed by atoms with Crippen LogP contribution in [-0.4, -0.2) is 39.5 Å². The number of thiophene rings is 1. The molecule has 5 rings (SSSR count). The van der Waals surface area contributed by atoms with E-state index in [4.69, 9.17) is 4.74 Å². The van der Waals surface area contributed by atoms with Crippen LogP contribution < -0.4 is 10.3 Å². The van der Waals surface area contributed by atoms with Crippen molar-refractivity contribution in [3.63, 3.8) is 0 Å². The number of carbonyl (C=O) groups excluding carboxylic acids is 1. The van der Waals surface area contributed by atoms with Gasteiger partial charge in [-0.3, -0.25) is 9.59 Å². The lowest BCUT2D eigenvalue weighted by Gasteiger charge is -2.31. The van der Waals surface area contributed by atoms with Gasteiger partial charge in [0.1, 0.15) is 17.3 Å². The number of piperidine rings is 1. The van der Waals surface area contributed by atoms with Crippen molar-refractivity contribution in [1.29, 1.82) is 0 Å². The van der Waals surface area contributed by atoms with E-state index < -0.39 is 30.3 Å². The zero-order valence-electron chi connectivity index (χ0n) is 23.5. The normalized spacial score (nSPS) is 15.4. The maximum atomic E-state index is 14.0. The van der Waals surface area contributed by atoms with Crippen LogP contribution in [0.25, 0.3) is 21.2 Å². The number of nitrogens with zero attached hydrogens (tertiary/aromatic N) is 2. The Morgan fingerprint density at radius 1 is 1.05 bits per heavy atom. The number of hydrogen-bond donors (Lipinski definition) is 1. The highest BCUT2D eigenvalue weighted by Gasteiger charge is 2.36. The average molecular weight is 585 g/mol. The van der Waals surface area contributed by atoms with Crippen molar-refractivity contribution in [2.45, 2.75) is 52.1 Å². The highest BCUT2D eigenvalue weighted by atomic mass is 32.1. The first-order chi connectivity index (χ1) is 19.1. The van der Waals surface area contributed by atoms with E-state index in [9.17, 15) is 27.9 Å². The van der Waals surface area contributed by atoms with Crippen molar-refractivity contribution >= 4 is 27.3 Å². The molecule has 216 valence electrons. The number of ether oxygens (including phenoxy) is 1. The van der Waals surface area contributed by atoms with Crippen molar-refractivity contribution in [1.82, 2.24) is 9.47 Å². The Balaban J connectivity index is 1.67. The van der Waals surface area contributed by atoms with Crippen LogP contribution >= 0.6 is 11.3 Å². The zero-order chi connectivity index (χ0) is 29.9. The smallest absolute Gasteiger partial charge is 0.263 e. The molecule has 1 aliphatic rings. The number of rotatable bonds is 5. The van der Waals surface area contributed by atoms with Gasteiger partial charge in [0, 0.05) is 50.3 Å². The number of aliphatic hydroxyl groups is 1. The van der Waals surface area contributed by atoms with Crippen LogP contribution in [0.1, 0.15) is 53.1 Å². The third-order valence-corrected chi connectivity index (χ3v) is 8.61. The summed E-state index contributed by atoms with van der Waals surface area (Å²) in [5, 5.41) is 11.1. The number of halogens is 3. The van der Waals surface area contributed by atoms with E-state index in [1.165, 1.54) is 27.7 Å². The largest absolute Gasteiger partial charge is 0.456 e. The second-order valence-electron chi connectivity index (χ2n) is 11.2. The monoisotopic (exact) mass is 584 g/mol. The molecule has 41 heavy (non-hydrogen) atoms.